The lowest BCUT2D eigenvalue weighted by Gasteiger charge is -2.09. The van der Waals surface area contributed by atoms with Gasteiger partial charge in [-0.3, -0.25) is 4.79 Å². The van der Waals surface area contributed by atoms with Gasteiger partial charge in [-0.15, -0.1) is 0 Å². The van der Waals surface area contributed by atoms with E-state index in [1.807, 2.05) is 0 Å². The first-order chi connectivity index (χ1) is 8.34. The number of nitrogens with one attached hydrogen (secondary N) is 1. The van der Waals surface area contributed by atoms with Gasteiger partial charge in [-0.25, -0.2) is 13.1 Å². The van der Waals surface area contributed by atoms with Gasteiger partial charge in [-0.05, 0) is 18.6 Å². The van der Waals surface area contributed by atoms with Crippen molar-refractivity contribution in [3.05, 3.63) is 29.3 Å². The second-order valence-corrected chi connectivity index (χ2v) is 6.00. The van der Waals surface area contributed by atoms with Gasteiger partial charge in [-0.1, -0.05) is 30.7 Å². The zero-order valence-corrected chi connectivity index (χ0v) is 11.3. The summed E-state index contributed by atoms with van der Waals surface area (Å²) in [6, 6.07) is 6.08. The maximum absolute atomic E-state index is 11.9. The number of hydrogen-bond donors (Lipinski definition) is 2. The van der Waals surface area contributed by atoms with E-state index in [9.17, 15) is 13.2 Å². The minimum atomic E-state index is -3.69. The summed E-state index contributed by atoms with van der Waals surface area (Å²) in [4.78, 5) is 10.6. The van der Waals surface area contributed by atoms with Crippen LogP contribution in [-0.4, -0.2) is 26.0 Å². The molecule has 0 heterocycles. The molecule has 18 heavy (non-hydrogen) atoms. The number of hydrogen-bond acceptors (Lipinski definition) is 3. The molecule has 1 unspecified atom stereocenters. The fraction of sp³-hybridized carbons (Fsp3) is 0.364. The Bertz CT molecular complexity index is 530. The summed E-state index contributed by atoms with van der Waals surface area (Å²) >= 11 is 5.79. The van der Waals surface area contributed by atoms with Gasteiger partial charge in [0.1, 0.15) is 4.90 Å². The maximum atomic E-state index is 11.9. The molecule has 0 saturated heterocycles. The zero-order chi connectivity index (χ0) is 13.8. The van der Waals surface area contributed by atoms with E-state index in [4.69, 9.17) is 16.7 Å². The van der Waals surface area contributed by atoms with E-state index in [0.717, 1.165) is 0 Å². The molecule has 1 aromatic rings. The van der Waals surface area contributed by atoms with Crippen molar-refractivity contribution in [3.8, 4) is 0 Å². The van der Waals surface area contributed by atoms with E-state index in [-0.39, 0.29) is 22.9 Å². The third-order valence-electron chi connectivity index (χ3n) is 2.42. The first-order valence-corrected chi connectivity index (χ1v) is 7.17. The Morgan fingerprint density at radius 2 is 2.06 bits per heavy atom. The Balaban J connectivity index is 2.67. The molecular weight excluding hydrogens is 278 g/mol. The molecule has 100 valence electrons. The highest BCUT2D eigenvalue weighted by Crippen LogP contribution is 2.20. The standard InChI is InChI=1S/C11H14ClNO4S/c1-8(11(14)15)6-7-13-18(16,17)10-5-3-2-4-9(10)12/h2-5,8,13H,6-7H2,1H3,(H,14,15). The van der Waals surface area contributed by atoms with E-state index in [1.165, 1.54) is 19.1 Å². The minimum absolute atomic E-state index is 0.00496. The highest BCUT2D eigenvalue weighted by molar-refractivity contribution is 7.89. The van der Waals surface area contributed by atoms with Crippen molar-refractivity contribution in [3.63, 3.8) is 0 Å². The van der Waals surface area contributed by atoms with Gasteiger partial charge < -0.3 is 5.11 Å². The lowest BCUT2D eigenvalue weighted by molar-refractivity contribution is -0.141. The van der Waals surface area contributed by atoms with Crippen LogP contribution in [0.2, 0.25) is 5.02 Å². The smallest absolute Gasteiger partial charge is 0.306 e. The molecular formula is C11H14ClNO4S. The van der Waals surface area contributed by atoms with Crippen molar-refractivity contribution in [2.24, 2.45) is 5.92 Å². The first-order valence-electron chi connectivity index (χ1n) is 5.31. The molecule has 1 atom stereocenters. The molecule has 0 saturated carbocycles. The number of benzene rings is 1. The molecule has 5 nitrogen and oxygen atoms in total. The molecule has 1 rings (SSSR count). The molecule has 1 aromatic carbocycles. The maximum Gasteiger partial charge on any atom is 0.306 e. The Labute approximate surface area is 111 Å². The second-order valence-electron chi connectivity index (χ2n) is 3.86. The summed E-state index contributed by atoms with van der Waals surface area (Å²) in [6.07, 6.45) is 0.221. The second kappa shape index (κ2) is 6.17. The number of carboxylic acids is 1. The van der Waals surface area contributed by atoms with Gasteiger partial charge >= 0.3 is 5.97 Å². The lowest BCUT2D eigenvalue weighted by Crippen LogP contribution is -2.27. The Morgan fingerprint density at radius 3 is 2.61 bits per heavy atom. The minimum Gasteiger partial charge on any atom is -0.481 e. The summed E-state index contributed by atoms with van der Waals surface area (Å²) in [5, 5.41) is 8.81. The van der Waals surface area contributed by atoms with E-state index >= 15 is 0 Å². The number of carboxylic acid groups (broad SMARTS) is 1. The summed E-state index contributed by atoms with van der Waals surface area (Å²) in [5.74, 6) is -1.55. The number of carbonyl (C=O) groups is 1. The molecule has 0 radical (unpaired) electrons. The highest BCUT2D eigenvalue weighted by atomic mass is 35.5. The van der Waals surface area contributed by atoms with Crippen LogP contribution in [0.5, 0.6) is 0 Å². The Kier molecular flexibility index (Phi) is 5.13. The Morgan fingerprint density at radius 1 is 1.44 bits per heavy atom. The highest BCUT2D eigenvalue weighted by Gasteiger charge is 2.18. The van der Waals surface area contributed by atoms with E-state index in [0.29, 0.717) is 0 Å². The normalized spacial score (nSPS) is 13.2. The van der Waals surface area contributed by atoms with Crippen LogP contribution < -0.4 is 4.72 Å². The Hall–Kier alpha value is -1.11. The van der Waals surface area contributed by atoms with Gasteiger partial charge in [0.25, 0.3) is 0 Å². The number of rotatable bonds is 6. The van der Waals surface area contributed by atoms with Crippen LogP contribution in [0.3, 0.4) is 0 Å². The summed E-state index contributed by atoms with van der Waals surface area (Å²) in [7, 11) is -3.69. The van der Waals surface area contributed by atoms with E-state index in [1.54, 1.807) is 12.1 Å². The third kappa shape index (κ3) is 3.97. The number of aliphatic carboxylic acids is 1. The molecule has 0 spiro atoms. The molecule has 7 heteroatoms. The van der Waals surface area contributed by atoms with Gasteiger partial charge in [0.2, 0.25) is 10.0 Å². The number of sulfonamides is 1. The monoisotopic (exact) mass is 291 g/mol. The van der Waals surface area contributed by atoms with Crippen molar-refractivity contribution in [1.82, 2.24) is 4.72 Å². The SMILES string of the molecule is CC(CCNS(=O)(=O)c1ccccc1Cl)C(=O)O. The average Bonchev–Trinajstić information content (AvgIpc) is 2.28. The van der Waals surface area contributed by atoms with Crippen LogP contribution in [-0.2, 0) is 14.8 Å². The van der Waals surface area contributed by atoms with Gasteiger partial charge in [0.05, 0.1) is 10.9 Å². The molecule has 0 aliphatic rings. The van der Waals surface area contributed by atoms with Crippen LogP contribution >= 0.6 is 11.6 Å². The van der Waals surface area contributed by atoms with Crippen LogP contribution in [0.15, 0.2) is 29.2 Å². The third-order valence-corrected chi connectivity index (χ3v) is 4.38. The first kappa shape index (κ1) is 14.9. The summed E-state index contributed by atoms with van der Waals surface area (Å²) in [6.45, 7) is 1.58. The summed E-state index contributed by atoms with van der Waals surface area (Å²) < 4.78 is 26.0. The van der Waals surface area contributed by atoms with Crippen molar-refractivity contribution in [2.45, 2.75) is 18.2 Å². The fourth-order valence-corrected chi connectivity index (χ4v) is 2.84. The number of halogens is 1. The molecule has 2 N–H and O–H groups in total. The van der Waals surface area contributed by atoms with Gasteiger partial charge in [0, 0.05) is 6.54 Å². The molecule has 0 bridgehead atoms. The molecule has 0 aliphatic carbocycles. The predicted octanol–water partition coefficient (Wildman–Crippen LogP) is 1.73. The molecule has 0 amide bonds. The van der Waals surface area contributed by atoms with Crippen LogP contribution in [0, 0.1) is 5.92 Å². The van der Waals surface area contributed by atoms with E-state index in [2.05, 4.69) is 4.72 Å². The van der Waals surface area contributed by atoms with Crippen molar-refractivity contribution >= 4 is 27.6 Å². The predicted molar refractivity (Wildman–Crippen MR) is 68.1 cm³/mol. The van der Waals surface area contributed by atoms with Crippen LogP contribution in [0.4, 0.5) is 0 Å². The average molecular weight is 292 g/mol. The van der Waals surface area contributed by atoms with E-state index < -0.39 is 21.9 Å². The summed E-state index contributed by atoms with van der Waals surface area (Å²) in [5.41, 5.74) is 0. The van der Waals surface area contributed by atoms with Gasteiger partial charge in [-0.2, -0.15) is 0 Å². The molecule has 0 fully saturated rings. The van der Waals surface area contributed by atoms with Crippen molar-refractivity contribution in [1.29, 1.82) is 0 Å². The topological polar surface area (TPSA) is 83.5 Å². The lowest BCUT2D eigenvalue weighted by atomic mass is 10.1. The van der Waals surface area contributed by atoms with Crippen LogP contribution in [0.25, 0.3) is 0 Å². The zero-order valence-electron chi connectivity index (χ0n) is 9.76. The van der Waals surface area contributed by atoms with Crippen LogP contribution in [0.1, 0.15) is 13.3 Å². The largest absolute Gasteiger partial charge is 0.481 e. The molecule has 0 aliphatic heterocycles. The van der Waals surface area contributed by atoms with Gasteiger partial charge in [0.15, 0.2) is 0 Å². The fourth-order valence-electron chi connectivity index (χ4n) is 1.27. The van der Waals surface area contributed by atoms with Crippen molar-refractivity contribution < 1.29 is 18.3 Å². The quantitative estimate of drug-likeness (QED) is 0.836. The van der Waals surface area contributed by atoms with Crippen molar-refractivity contribution in [2.75, 3.05) is 6.54 Å². The molecule has 0 aromatic heterocycles.